The van der Waals surface area contributed by atoms with E-state index < -0.39 is 0 Å². The third kappa shape index (κ3) is 3.85. The maximum Gasteiger partial charge on any atom is 0.236 e. The minimum Gasteiger partial charge on any atom is -0.303 e. The lowest BCUT2D eigenvalue weighted by atomic mass is 10.2. The highest BCUT2D eigenvalue weighted by molar-refractivity contribution is 8.15. The molecule has 0 atom stereocenters. The number of hydrogen-bond donors (Lipinski definition) is 1. The van der Waals surface area contributed by atoms with Gasteiger partial charge in [0.2, 0.25) is 5.91 Å². The molecule has 92 valence electrons. The molecular weight excluding hydrogens is 246 g/mol. The van der Waals surface area contributed by atoms with Gasteiger partial charge in [-0.1, -0.05) is 48.2 Å². The number of allylic oxidation sites excluding steroid dienone is 1. The van der Waals surface area contributed by atoms with Crippen LogP contribution in [0.3, 0.4) is 0 Å². The van der Waals surface area contributed by atoms with Crippen LogP contribution >= 0.6 is 11.8 Å². The van der Waals surface area contributed by atoms with Crippen LogP contribution < -0.4 is 5.32 Å². The number of nitrogens with one attached hydrogen (secondary N) is 1. The van der Waals surface area contributed by atoms with Crippen molar-refractivity contribution in [3.8, 4) is 0 Å². The molecule has 0 spiro atoms. The molecule has 0 bridgehead atoms. The second-order valence-electron chi connectivity index (χ2n) is 3.73. The predicted octanol–water partition coefficient (Wildman–Crippen LogP) is 2.29. The molecule has 0 aromatic heterocycles. The zero-order chi connectivity index (χ0) is 12.8. The predicted molar refractivity (Wildman–Crippen MR) is 76.6 cm³/mol. The van der Waals surface area contributed by atoms with Crippen molar-refractivity contribution in [2.45, 2.75) is 6.92 Å². The van der Waals surface area contributed by atoms with E-state index in [1.165, 1.54) is 11.8 Å². The van der Waals surface area contributed by atoms with Crippen molar-refractivity contribution in [2.24, 2.45) is 10.2 Å². The van der Waals surface area contributed by atoms with Crippen molar-refractivity contribution in [1.29, 1.82) is 0 Å². The maximum absolute atomic E-state index is 10.9. The van der Waals surface area contributed by atoms with Crippen molar-refractivity contribution in [1.82, 2.24) is 5.32 Å². The number of thioether (sulfide) groups is 1. The van der Waals surface area contributed by atoms with Gasteiger partial charge < -0.3 is 5.32 Å². The normalized spacial score (nSPS) is 18.6. The standard InChI is InChI=1S/C13H13N3OS/c1-10(7-8-11-5-3-2-4-6-11)15-16-13-14-12(17)9-18-13/h2-8H,9H2,1H3,(H,14,16,17)/b8-7+,15-10-. The highest BCUT2D eigenvalue weighted by atomic mass is 32.2. The molecule has 0 aliphatic carbocycles. The molecule has 0 unspecified atom stereocenters. The van der Waals surface area contributed by atoms with Gasteiger partial charge in [0.05, 0.1) is 11.5 Å². The summed E-state index contributed by atoms with van der Waals surface area (Å²) in [5, 5.41) is 11.2. The second-order valence-corrected chi connectivity index (χ2v) is 4.69. The van der Waals surface area contributed by atoms with E-state index in [9.17, 15) is 4.79 Å². The van der Waals surface area contributed by atoms with E-state index in [1.54, 1.807) is 0 Å². The fourth-order valence-corrected chi connectivity index (χ4v) is 1.94. The zero-order valence-electron chi connectivity index (χ0n) is 9.96. The van der Waals surface area contributed by atoms with Crippen LogP contribution in [0.15, 0.2) is 46.6 Å². The topological polar surface area (TPSA) is 53.8 Å². The van der Waals surface area contributed by atoms with Gasteiger partial charge in [-0.25, -0.2) is 0 Å². The van der Waals surface area contributed by atoms with Crippen molar-refractivity contribution >= 4 is 34.6 Å². The first-order valence-electron chi connectivity index (χ1n) is 5.52. The molecule has 1 amide bonds. The Morgan fingerprint density at radius 3 is 2.83 bits per heavy atom. The first kappa shape index (κ1) is 12.6. The molecule has 1 saturated heterocycles. The van der Waals surface area contributed by atoms with Gasteiger partial charge in [-0.3, -0.25) is 4.79 Å². The monoisotopic (exact) mass is 259 g/mol. The van der Waals surface area contributed by atoms with Crippen LogP contribution in [-0.4, -0.2) is 22.5 Å². The van der Waals surface area contributed by atoms with Crippen LogP contribution in [0.5, 0.6) is 0 Å². The summed E-state index contributed by atoms with van der Waals surface area (Å²) in [6.45, 7) is 1.87. The van der Waals surface area contributed by atoms with Gasteiger partial charge in [-0.15, -0.1) is 5.10 Å². The molecule has 1 heterocycles. The molecule has 18 heavy (non-hydrogen) atoms. The third-order valence-corrected chi connectivity index (χ3v) is 3.07. The SMILES string of the molecule is CC(/C=C/c1ccccc1)=N/N=C1/NC(=O)CS1. The van der Waals surface area contributed by atoms with Crippen LogP contribution in [0.4, 0.5) is 0 Å². The number of nitrogens with zero attached hydrogens (tertiary/aromatic N) is 2. The van der Waals surface area contributed by atoms with E-state index in [0.717, 1.165) is 11.3 Å². The lowest BCUT2D eigenvalue weighted by molar-refractivity contribution is -0.116. The molecule has 4 nitrogen and oxygen atoms in total. The first-order valence-corrected chi connectivity index (χ1v) is 6.50. The Labute approximate surface area is 110 Å². The first-order chi connectivity index (χ1) is 8.74. The van der Waals surface area contributed by atoms with Crippen LogP contribution in [0.25, 0.3) is 6.08 Å². The summed E-state index contributed by atoms with van der Waals surface area (Å²) in [6.07, 6.45) is 3.86. The molecular formula is C13H13N3OS. The molecule has 2 rings (SSSR count). The van der Waals surface area contributed by atoms with E-state index in [2.05, 4.69) is 15.5 Å². The molecule has 1 N–H and O–H groups in total. The molecule has 1 fully saturated rings. The van der Waals surface area contributed by atoms with E-state index in [0.29, 0.717) is 10.9 Å². The largest absolute Gasteiger partial charge is 0.303 e. The average molecular weight is 259 g/mol. The molecule has 1 aromatic carbocycles. The van der Waals surface area contributed by atoms with Gasteiger partial charge in [0.25, 0.3) is 0 Å². The number of carbonyl (C=O) groups is 1. The van der Waals surface area contributed by atoms with E-state index in [-0.39, 0.29) is 5.91 Å². The van der Waals surface area contributed by atoms with E-state index in [4.69, 9.17) is 0 Å². The van der Waals surface area contributed by atoms with Gasteiger partial charge >= 0.3 is 0 Å². The van der Waals surface area contributed by atoms with Gasteiger partial charge in [0, 0.05) is 0 Å². The Balaban J connectivity index is 1.97. The Morgan fingerprint density at radius 2 is 2.17 bits per heavy atom. The number of carbonyl (C=O) groups excluding carboxylic acids is 1. The lowest BCUT2D eigenvalue weighted by Crippen LogP contribution is -2.19. The summed E-state index contributed by atoms with van der Waals surface area (Å²) < 4.78 is 0. The summed E-state index contributed by atoms with van der Waals surface area (Å²) in [4.78, 5) is 10.9. The summed E-state index contributed by atoms with van der Waals surface area (Å²) >= 11 is 1.37. The highest BCUT2D eigenvalue weighted by Crippen LogP contribution is 2.08. The molecule has 1 aliphatic heterocycles. The van der Waals surface area contributed by atoms with Gasteiger partial charge in [-0.2, -0.15) is 5.10 Å². The van der Waals surface area contributed by atoms with Crippen LogP contribution in [-0.2, 0) is 4.79 Å². The quantitative estimate of drug-likeness (QED) is 0.669. The number of benzene rings is 1. The minimum absolute atomic E-state index is 0.0218. The fourth-order valence-electron chi connectivity index (χ4n) is 1.32. The summed E-state index contributed by atoms with van der Waals surface area (Å²) in [7, 11) is 0. The van der Waals surface area contributed by atoms with E-state index >= 15 is 0 Å². The van der Waals surface area contributed by atoms with Gasteiger partial charge in [0.1, 0.15) is 0 Å². The van der Waals surface area contributed by atoms with Gasteiger partial charge in [0.15, 0.2) is 5.17 Å². The summed E-state index contributed by atoms with van der Waals surface area (Å²) in [5.74, 6) is 0.402. The van der Waals surface area contributed by atoms with E-state index in [1.807, 2.05) is 49.4 Å². The fraction of sp³-hybridized carbons (Fsp3) is 0.154. The molecule has 0 radical (unpaired) electrons. The molecule has 5 heteroatoms. The van der Waals surface area contributed by atoms with Crippen molar-refractivity contribution < 1.29 is 4.79 Å². The van der Waals surface area contributed by atoms with Crippen molar-refractivity contribution in [2.75, 3.05) is 5.75 Å². The number of amidine groups is 1. The number of amides is 1. The minimum atomic E-state index is -0.0218. The lowest BCUT2D eigenvalue weighted by Gasteiger charge is -1.92. The molecule has 1 aliphatic rings. The number of rotatable bonds is 3. The Kier molecular flexibility index (Phi) is 4.30. The highest BCUT2D eigenvalue weighted by Gasteiger charge is 2.15. The third-order valence-electron chi connectivity index (χ3n) is 2.20. The average Bonchev–Trinajstić information content (AvgIpc) is 2.81. The number of hydrogen-bond acceptors (Lipinski definition) is 4. The Hall–Kier alpha value is -1.88. The summed E-state index contributed by atoms with van der Waals surface area (Å²) in [6, 6.07) is 9.98. The smallest absolute Gasteiger partial charge is 0.236 e. The van der Waals surface area contributed by atoms with Crippen LogP contribution in [0, 0.1) is 0 Å². The molecule has 1 aromatic rings. The van der Waals surface area contributed by atoms with Crippen molar-refractivity contribution in [3.63, 3.8) is 0 Å². The van der Waals surface area contributed by atoms with Crippen LogP contribution in [0.1, 0.15) is 12.5 Å². The Bertz CT molecular complexity index is 520. The maximum atomic E-state index is 10.9. The second kappa shape index (κ2) is 6.16. The summed E-state index contributed by atoms with van der Waals surface area (Å²) in [5.41, 5.74) is 1.90. The van der Waals surface area contributed by atoms with Crippen molar-refractivity contribution in [3.05, 3.63) is 42.0 Å². The molecule has 0 saturated carbocycles. The van der Waals surface area contributed by atoms with Crippen LogP contribution in [0.2, 0.25) is 0 Å². The Morgan fingerprint density at radius 1 is 1.39 bits per heavy atom. The van der Waals surface area contributed by atoms with Gasteiger partial charge in [-0.05, 0) is 18.6 Å². The zero-order valence-corrected chi connectivity index (χ0v) is 10.8.